The first-order valence-electron chi connectivity index (χ1n) is 27.5. The molecule has 0 saturated heterocycles. The number of amides is 1. The Morgan fingerprint density at radius 2 is 1.05 bits per heavy atom. The van der Waals surface area contributed by atoms with Crippen LogP contribution in [-0.2, 0) is 9.53 Å². The predicted molar refractivity (Wildman–Crippen MR) is 286 cm³/mol. The zero-order chi connectivity index (χ0) is 47.9. The second kappa shape index (κ2) is 45.8. The van der Waals surface area contributed by atoms with E-state index in [2.05, 4.69) is 79.7 Å². The normalized spacial score (nSPS) is 12.3. The summed E-state index contributed by atoms with van der Waals surface area (Å²) in [6.45, 7) is 10.2. The van der Waals surface area contributed by atoms with Crippen LogP contribution in [0.15, 0.2) is 72.9 Å². The van der Waals surface area contributed by atoms with Crippen molar-refractivity contribution in [1.29, 1.82) is 5.41 Å². The van der Waals surface area contributed by atoms with E-state index in [4.69, 9.17) is 14.9 Å². The molecule has 7 nitrogen and oxygen atoms in total. The number of rotatable bonds is 48. The molecule has 7 heteroatoms. The van der Waals surface area contributed by atoms with Crippen molar-refractivity contribution in [3.63, 3.8) is 0 Å². The molecular formula is C59H103N3O4. The van der Waals surface area contributed by atoms with Crippen LogP contribution in [-0.4, -0.2) is 67.3 Å². The molecule has 66 heavy (non-hydrogen) atoms. The van der Waals surface area contributed by atoms with Crippen molar-refractivity contribution in [2.45, 2.75) is 238 Å². The van der Waals surface area contributed by atoms with Gasteiger partial charge in [-0.05, 0) is 153 Å². The maximum absolute atomic E-state index is 12.3. The molecule has 0 spiro atoms. The van der Waals surface area contributed by atoms with Crippen molar-refractivity contribution in [1.82, 2.24) is 10.2 Å². The first-order chi connectivity index (χ1) is 32.3. The van der Waals surface area contributed by atoms with Gasteiger partial charge in [0.05, 0.1) is 13.2 Å². The zero-order valence-corrected chi connectivity index (χ0v) is 43.4. The third kappa shape index (κ3) is 40.1. The number of hydrogen-bond donors (Lipinski definition) is 3. The van der Waals surface area contributed by atoms with Gasteiger partial charge in [0.25, 0.3) is 0 Å². The highest BCUT2D eigenvalue weighted by atomic mass is 16.6. The molecule has 0 aliphatic heterocycles. The average Bonchev–Trinajstić information content (AvgIpc) is 3.31. The van der Waals surface area contributed by atoms with Crippen LogP contribution in [0.1, 0.15) is 238 Å². The van der Waals surface area contributed by atoms with E-state index in [9.17, 15) is 9.90 Å². The van der Waals surface area contributed by atoms with E-state index in [-0.39, 0.29) is 5.91 Å². The second-order valence-corrected chi connectivity index (χ2v) is 19.0. The molecule has 0 aliphatic rings. The molecule has 1 amide bonds. The van der Waals surface area contributed by atoms with Gasteiger partial charge in [-0.25, -0.2) is 0 Å². The lowest BCUT2D eigenvalue weighted by Crippen LogP contribution is -2.33. The molecule has 0 radical (unpaired) electrons. The van der Waals surface area contributed by atoms with Gasteiger partial charge in [-0.1, -0.05) is 152 Å². The van der Waals surface area contributed by atoms with Gasteiger partial charge in [0, 0.05) is 38.1 Å². The van der Waals surface area contributed by atoms with E-state index in [1.165, 1.54) is 128 Å². The molecular weight excluding hydrogens is 815 g/mol. The quantitative estimate of drug-likeness (QED) is 0.0262. The summed E-state index contributed by atoms with van der Waals surface area (Å²) < 4.78 is 12.1. The van der Waals surface area contributed by atoms with Crippen molar-refractivity contribution in [2.24, 2.45) is 0 Å². The molecule has 1 aromatic rings. The van der Waals surface area contributed by atoms with Crippen LogP contribution in [0.3, 0.4) is 0 Å². The SMILES string of the molecule is CCCCC/C=C\C/C=C\CCCCCCCCC(O)(CCCCCCCC/C=C\C/C=C\CCCCC)OCCCN(C)CCCCCCNC(=O)CCCOc1ccc(C(C)=N)cc1. The van der Waals surface area contributed by atoms with Crippen LogP contribution in [0.5, 0.6) is 5.75 Å². The smallest absolute Gasteiger partial charge is 0.220 e. The monoisotopic (exact) mass is 918 g/mol. The van der Waals surface area contributed by atoms with Crippen LogP contribution in [0.2, 0.25) is 0 Å². The van der Waals surface area contributed by atoms with E-state index in [1.807, 2.05) is 24.3 Å². The molecule has 378 valence electrons. The Bertz CT molecular complexity index is 1320. The number of hydrogen-bond acceptors (Lipinski definition) is 6. The van der Waals surface area contributed by atoms with Gasteiger partial charge in [-0.3, -0.25) is 4.79 Å². The largest absolute Gasteiger partial charge is 0.494 e. The van der Waals surface area contributed by atoms with Crippen LogP contribution < -0.4 is 10.1 Å². The minimum atomic E-state index is -1.000. The summed E-state index contributed by atoms with van der Waals surface area (Å²) in [5.41, 5.74) is 1.43. The highest BCUT2D eigenvalue weighted by Crippen LogP contribution is 2.25. The van der Waals surface area contributed by atoms with Gasteiger partial charge < -0.3 is 30.2 Å². The molecule has 1 aromatic carbocycles. The van der Waals surface area contributed by atoms with E-state index in [0.717, 1.165) is 102 Å². The summed E-state index contributed by atoms with van der Waals surface area (Å²) in [5, 5.41) is 22.5. The Hall–Kier alpha value is -3.00. The fraction of sp³-hybridized carbons (Fsp3) is 0.729. The third-order valence-corrected chi connectivity index (χ3v) is 12.5. The number of allylic oxidation sites excluding steroid dienone is 8. The van der Waals surface area contributed by atoms with Gasteiger partial charge in [-0.15, -0.1) is 0 Å². The minimum absolute atomic E-state index is 0.0882. The van der Waals surface area contributed by atoms with Crippen molar-refractivity contribution >= 4 is 11.6 Å². The number of aliphatic hydroxyl groups is 1. The first kappa shape index (κ1) is 61.0. The summed E-state index contributed by atoms with van der Waals surface area (Å²) in [4.78, 5) is 14.6. The summed E-state index contributed by atoms with van der Waals surface area (Å²) >= 11 is 0. The van der Waals surface area contributed by atoms with Gasteiger partial charge in [-0.2, -0.15) is 0 Å². The summed E-state index contributed by atoms with van der Waals surface area (Å²) in [7, 11) is 2.19. The highest BCUT2D eigenvalue weighted by molar-refractivity contribution is 5.96. The second-order valence-electron chi connectivity index (χ2n) is 19.0. The number of carbonyl (C=O) groups excluding carboxylic acids is 1. The Balaban J connectivity index is 2.26. The molecule has 0 unspecified atom stereocenters. The lowest BCUT2D eigenvalue weighted by molar-refractivity contribution is -0.214. The van der Waals surface area contributed by atoms with Crippen molar-refractivity contribution in [3.8, 4) is 5.75 Å². The number of benzene rings is 1. The number of nitrogens with zero attached hydrogens (tertiary/aromatic N) is 1. The number of ether oxygens (including phenoxy) is 2. The number of nitrogens with one attached hydrogen (secondary N) is 2. The third-order valence-electron chi connectivity index (χ3n) is 12.5. The fourth-order valence-corrected chi connectivity index (χ4v) is 8.16. The lowest BCUT2D eigenvalue weighted by Gasteiger charge is -2.29. The van der Waals surface area contributed by atoms with Crippen LogP contribution in [0.4, 0.5) is 0 Å². The van der Waals surface area contributed by atoms with Crippen LogP contribution >= 0.6 is 0 Å². The first-order valence-corrected chi connectivity index (χ1v) is 27.5. The molecule has 0 aliphatic carbocycles. The van der Waals surface area contributed by atoms with Gasteiger partial charge in [0.1, 0.15) is 5.75 Å². The van der Waals surface area contributed by atoms with Gasteiger partial charge >= 0.3 is 0 Å². The molecule has 1 rings (SSSR count). The topological polar surface area (TPSA) is 94.9 Å². The Labute approximate surface area is 407 Å². The molecule has 0 aromatic heterocycles. The molecule has 0 saturated carbocycles. The maximum atomic E-state index is 12.3. The van der Waals surface area contributed by atoms with Crippen molar-refractivity contribution in [2.75, 3.05) is 39.9 Å². The number of carbonyl (C=O) groups is 1. The summed E-state index contributed by atoms with van der Waals surface area (Å²) in [6, 6.07) is 7.53. The zero-order valence-electron chi connectivity index (χ0n) is 43.4. The van der Waals surface area contributed by atoms with Crippen LogP contribution in [0.25, 0.3) is 0 Å². The number of unbranched alkanes of at least 4 members (excludes halogenated alkanes) is 21. The van der Waals surface area contributed by atoms with E-state index in [1.54, 1.807) is 6.92 Å². The maximum Gasteiger partial charge on any atom is 0.220 e. The summed E-state index contributed by atoms with van der Waals surface area (Å²) in [6.07, 6.45) is 56.1. The molecule has 0 atom stereocenters. The fourth-order valence-electron chi connectivity index (χ4n) is 8.16. The predicted octanol–water partition coefficient (Wildman–Crippen LogP) is 16.3. The average molecular weight is 918 g/mol. The Morgan fingerprint density at radius 1 is 0.591 bits per heavy atom. The van der Waals surface area contributed by atoms with E-state index >= 15 is 0 Å². The molecule has 3 N–H and O–H groups in total. The summed E-state index contributed by atoms with van der Waals surface area (Å²) in [5.74, 6) is -0.140. The minimum Gasteiger partial charge on any atom is -0.494 e. The van der Waals surface area contributed by atoms with Crippen LogP contribution in [0, 0.1) is 5.41 Å². The standard InChI is InChI=1S/C59H103N3O4/c1-5-7-9-11-13-15-17-19-21-23-25-27-29-31-33-37-48-59(64,49-38-34-32-30-28-26-24-22-20-18-16-14-12-10-8-6-2)66-54-42-52-62(4)51-40-36-35-39-50-61-58(63)43-41-53-65-57-46-44-56(45-47-57)55(3)60/h13-16,19-22,44-47,60,64H,5-12,17-18,23-43,48-54H2,1-4H3,(H,61,63)/b15-13-,16-14-,21-19-,22-20-,60-55?. The molecule has 0 fully saturated rings. The van der Waals surface area contributed by atoms with Crippen molar-refractivity contribution in [3.05, 3.63) is 78.4 Å². The lowest BCUT2D eigenvalue weighted by atomic mass is 9.98. The van der Waals surface area contributed by atoms with Gasteiger partial charge in [0.2, 0.25) is 5.91 Å². The van der Waals surface area contributed by atoms with E-state index < -0.39 is 5.79 Å². The van der Waals surface area contributed by atoms with Crippen molar-refractivity contribution < 1.29 is 19.4 Å². The van der Waals surface area contributed by atoms with Gasteiger partial charge in [0.15, 0.2) is 5.79 Å². The molecule has 0 heterocycles. The van der Waals surface area contributed by atoms with E-state index in [0.29, 0.717) is 31.8 Å². The highest BCUT2D eigenvalue weighted by Gasteiger charge is 2.26. The Morgan fingerprint density at radius 3 is 1.56 bits per heavy atom. The Kier molecular flexibility index (Phi) is 42.3. The molecule has 0 bridgehead atoms.